The van der Waals surface area contributed by atoms with Crippen LogP contribution in [0.4, 0.5) is 0 Å². The van der Waals surface area contributed by atoms with Crippen LogP contribution in [0.3, 0.4) is 0 Å². The number of benzene rings is 2. The standard InChI is InChI=1S/C33H33N5O2/c39-32-16-3-1-10-26(32)20-37(22-28-12-5-7-18-34-28)24-30-14-9-15-31(36-30)25-38(23-29-13-6-8-19-35-29)21-27-11-2-4-17-33(27)40/h1-19,39-40H,20-25H2. The van der Waals surface area contributed by atoms with Crippen molar-refractivity contribution in [2.24, 2.45) is 0 Å². The molecule has 0 aliphatic carbocycles. The zero-order valence-electron chi connectivity index (χ0n) is 22.3. The van der Waals surface area contributed by atoms with Gasteiger partial charge in [-0.1, -0.05) is 54.6 Å². The van der Waals surface area contributed by atoms with Crippen molar-refractivity contribution in [1.29, 1.82) is 0 Å². The number of aromatic hydroxyl groups is 2. The van der Waals surface area contributed by atoms with Crippen molar-refractivity contribution in [3.8, 4) is 11.5 Å². The number of hydrogen-bond donors (Lipinski definition) is 2. The van der Waals surface area contributed by atoms with E-state index >= 15 is 0 Å². The van der Waals surface area contributed by atoms with Gasteiger partial charge < -0.3 is 10.2 Å². The molecule has 3 aromatic heterocycles. The lowest BCUT2D eigenvalue weighted by Crippen LogP contribution is -2.25. The molecule has 40 heavy (non-hydrogen) atoms. The third kappa shape index (κ3) is 7.72. The quantitative estimate of drug-likeness (QED) is 0.214. The predicted octanol–water partition coefficient (Wildman–Crippen LogP) is 5.69. The Balaban J connectivity index is 1.35. The Kier molecular flexibility index (Phi) is 9.09. The lowest BCUT2D eigenvalue weighted by molar-refractivity contribution is 0.231. The molecular formula is C33H33N5O2. The first kappa shape index (κ1) is 27.0. The molecule has 7 heteroatoms. The monoisotopic (exact) mass is 531 g/mol. The summed E-state index contributed by atoms with van der Waals surface area (Å²) in [6.07, 6.45) is 3.60. The van der Waals surface area contributed by atoms with Crippen molar-refractivity contribution >= 4 is 0 Å². The van der Waals surface area contributed by atoms with Crippen molar-refractivity contribution in [2.75, 3.05) is 0 Å². The Bertz CT molecular complexity index is 1390. The second kappa shape index (κ2) is 13.5. The topological polar surface area (TPSA) is 85.6 Å². The van der Waals surface area contributed by atoms with Crippen molar-refractivity contribution in [2.45, 2.75) is 39.3 Å². The molecule has 0 saturated carbocycles. The van der Waals surface area contributed by atoms with Gasteiger partial charge >= 0.3 is 0 Å². The van der Waals surface area contributed by atoms with Gasteiger partial charge in [-0.25, -0.2) is 0 Å². The first-order valence-electron chi connectivity index (χ1n) is 13.4. The molecule has 2 N–H and O–H groups in total. The van der Waals surface area contributed by atoms with E-state index in [-0.39, 0.29) is 11.5 Å². The van der Waals surface area contributed by atoms with E-state index in [1.807, 2.05) is 91.0 Å². The molecule has 0 amide bonds. The second-order valence-corrected chi connectivity index (χ2v) is 9.81. The Morgan fingerprint density at radius 3 is 1.25 bits per heavy atom. The molecule has 0 saturated heterocycles. The molecule has 5 aromatic rings. The van der Waals surface area contributed by atoms with Gasteiger partial charge in [-0.05, 0) is 48.5 Å². The van der Waals surface area contributed by atoms with Gasteiger partial charge in [0.2, 0.25) is 0 Å². The summed E-state index contributed by atoms with van der Waals surface area (Å²) in [5.74, 6) is 0.564. The fourth-order valence-corrected chi connectivity index (χ4v) is 4.71. The number of phenolic OH excluding ortho intramolecular Hbond substituents is 2. The molecule has 0 bridgehead atoms. The van der Waals surface area contributed by atoms with Crippen molar-refractivity contribution in [1.82, 2.24) is 24.8 Å². The number of para-hydroxylation sites is 2. The number of pyridine rings is 3. The largest absolute Gasteiger partial charge is 0.508 e. The first-order chi connectivity index (χ1) is 19.6. The summed E-state index contributed by atoms with van der Waals surface area (Å²) < 4.78 is 0. The lowest BCUT2D eigenvalue weighted by Gasteiger charge is -2.24. The summed E-state index contributed by atoms with van der Waals surface area (Å²) in [4.78, 5) is 18.5. The molecule has 7 nitrogen and oxygen atoms in total. The number of aromatic nitrogens is 3. The zero-order chi connectivity index (χ0) is 27.6. The molecule has 0 aliphatic heterocycles. The van der Waals surface area contributed by atoms with Crippen LogP contribution in [0, 0.1) is 0 Å². The van der Waals surface area contributed by atoms with Gasteiger partial charge in [0.25, 0.3) is 0 Å². The molecule has 0 aliphatic rings. The molecule has 0 unspecified atom stereocenters. The van der Waals surface area contributed by atoms with Crippen LogP contribution >= 0.6 is 0 Å². The van der Waals surface area contributed by atoms with Crippen LogP contribution in [0.1, 0.15) is 33.9 Å². The van der Waals surface area contributed by atoms with Gasteiger partial charge in [-0.15, -0.1) is 0 Å². The van der Waals surface area contributed by atoms with Gasteiger partial charge in [0.05, 0.1) is 22.8 Å². The number of phenols is 2. The van der Waals surface area contributed by atoms with E-state index < -0.39 is 0 Å². The van der Waals surface area contributed by atoms with E-state index in [1.165, 1.54) is 0 Å². The molecular weight excluding hydrogens is 498 g/mol. The van der Waals surface area contributed by atoms with Crippen LogP contribution < -0.4 is 0 Å². The van der Waals surface area contributed by atoms with Gasteiger partial charge in [-0.2, -0.15) is 0 Å². The maximum Gasteiger partial charge on any atom is 0.120 e. The highest BCUT2D eigenvalue weighted by Gasteiger charge is 2.15. The van der Waals surface area contributed by atoms with Crippen LogP contribution in [-0.4, -0.2) is 35.0 Å². The Labute approximate surface area is 235 Å². The average Bonchev–Trinajstić information content (AvgIpc) is 2.97. The Hall–Kier alpha value is -4.59. The predicted molar refractivity (Wildman–Crippen MR) is 155 cm³/mol. The second-order valence-electron chi connectivity index (χ2n) is 9.81. The summed E-state index contributed by atoms with van der Waals surface area (Å²) in [7, 11) is 0. The number of rotatable bonds is 12. The van der Waals surface area contributed by atoms with E-state index in [0.717, 1.165) is 33.9 Å². The van der Waals surface area contributed by atoms with E-state index in [4.69, 9.17) is 4.98 Å². The first-order valence-corrected chi connectivity index (χ1v) is 13.4. The average molecular weight is 532 g/mol. The van der Waals surface area contributed by atoms with Gasteiger partial charge in [0.1, 0.15) is 11.5 Å². The maximum absolute atomic E-state index is 10.4. The summed E-state index contributed by atoms with van der Waals surface area (Å²) >= 11 is 0. The van der Waals surface area contributed by atoms with Crippen LogP contribution in [0.15, 0.2) is 116 Å². The molecule has 0 fully saturated rings. The number of hydrogen-bond acceptors (Lipinski definition) is 7. The van der Waals surface area contributed by atoms with Crippen LogP contribution in [-0.2, 0) is 39.3 Å². The fraction of sp³-hybridized carbons (Fsp3) is 0.182. The Morgan fingerprint density at radius 2 is 0.825 bits per heavy atom. The van der Waals surface area contributed by atoms with Gasteiger partial charge in [-0.3, -0.25) is 24.8 Å². The van der Waals surface area contributed by atoms with E-state index in [9.17, 15) is 10.2 Å². The van der Waals surface area contributed by atoms with E-state index in [0.29, 0.717) is 39.3 Å². The van der Waals surface area contributed by atoms with Crippen molar-refractivity contribution in [3.63, 3.8) is 0 Å². The van der Waals surface area contributed by atoms with Crippen LogP contribution in [0.5, 0.6) is 11.5 Å². The summed E-state index contributed by atoms with van der Waals surface area (Å²) in [5, 5.41) is 20.8. The van der Waals surface area contributed by atoms with E-state index in [1.54, 1.807) is 24.5 Å². The highest BCUT2D eigenvalue weighted by molar-refractivity contribution is 5.32. The number of nitrogens with zero attached hydrogens (tertiary/aromatic N) is 5. The Morgan fingerprint density at radius 1 is 0.425 bits per heavy atom. The van der Waals surface area contributed by atoms with Crippen LogP contribution in [0.2, 0.25) is 0 Å². The van der Waals surface area contributed by atoms with Crippen molar-refractivity contribution in [3.05, 3.63) is 149 Å². The normalized spacial score (nSPS) is 11.2. The SMILES string of the molecule is Oc1ccccc1CN(Cc1ccccn1)Cc1cccc(CN(Cc2ccccn2)Cc2ccccc2O)n1. The summed E-state index contributed by atoms with van der Waals surface area (Å²) in [6, 6.07) is 32.8. The van der Waals surface area contributed by atoms with E-state index in [2.05, 4.69) is 19.8 Å². The zero-order valence-corrected chi connectivity index (χ0v) is 22.3. The molecule has 202 valence electrons. The minimum Gasteiger partial charge on any atom is -0.508 e. The molecule has 2 aromatic carbocycles. The molecule has 0 radical (unpaired) electrons. The molecule has 0 spiro atoms. The smallest absolute Gasteiger partial charge is 0.120 e. The van der Waals surface area contributed by atoms with Gasteiger partial charge in [0.15, 0.2) is 0 Å². The minimum absolute atomic E-state index is 0.282. The highest BCUT2D eigenvalue weighted by Crippen LogP contribution is 2.22. The van der Waals surface area contributed by atoms with Crippen LogP contribution in [0.25, 0.3) is 0 Å². The minimum atomic E-state index is 0.282. The fourth-order valence-electron chi connectivity index (χ4n) is 4.71. The highest BCUT2D eigenvalue weighted by atomic mass is 16.3. The maximum atomic E-state index is 10.4. The summed E-state index contributed by atoms with van der Waals surface area (Å²) in [5.41, 5.74) is 5.50. The lowest BCUT2D eigenvalue weighted by atomic mass is 10.1. The third-order valence-electron chi connectivity index (χ3n) is 6.63. The molecule has 5 rings (SSSR count). The molecule has 0 atom stereocenters. The van der Waals surface area contributed by atoms with Crippen molar-refractivity contribution < 1.29 is 10.2 Å². The third-order valence-corrected chi connectivity index (χ3v) is 6.63. The van der Waals surface area contributed by atoms with Gasteiger partial charge in [0, 0.05) is 62.8 Å². The summed E-state index contributed by atoms with van der Waals surface area (Å²) in [6.45, 7) is 3.57. The molecule has 3 heterocycles.